The second-order valence-corrected chi connectivity index (χ2v) is 4.04. The van der Waals surface area contributed by atoms with Crippen LogP contribution in [0.15, 0.2) is 18.2 Å². The molecule has 1 aromatic rings. The molecule has 15 heavy (non-hydrogen) atoms. The molecule has 0 spiro atoms. The van der Waals surface area contributed by atoms with Gasteiger partial charge in [0, 0.05) is 13.1 Å². The lowest BCUT2D eigenvalue weighted by molar-refractivity contribution is 0.141. The number of ether oxygens (including phenoxy) is 1. The van der Waals surface area contributed by atoms with Crippen LogP contribution in [0.5, 0.6) is 5.75 Å². The summed E-state index contributed by atoms with van der Waals surface area (Å²) in [5, 5.41) is 3.19. The van der Waals surface area contributed by atoms with Crippen LogP contribution in [-0.4, -0.2) is 27.0 Å². The number of hydrogen-bond donors (Lipinski definition) is 1. The molecule has 1 fully saturated rings. The first-order chi connectivity index (χ1) is 7.29. The van der Waals surface area contributed by atoms with Gasteiger partial charge in [-0.15, -0.1) is 0 Å². The fraction of sp³-hybridized carbons (Fsp3) is 0.500. The molecule has 1 heterocycles. The maximum Gasteiger partial charge on any atom is 0.123 e. The van der Waals surface area contributed by atoms with Crippen LogP contribution in [-0.2, 0) is 6.42 Å². The summed E-state index contributed by atoms with van der Waals surface area (Å²) in [7, 11) is 5.52. The normalized spacial score (nSPS) is 16.1. The highest BCUT2D eigenvalue weighted by Gasteiger charge is 2.18. The van der Waals surface area contributed by atoms with Crippen LogP contribution in [0, 0.1) is 6.92 Å². The van der Waals surface area contributed by atoms with Gasteiger partial charge in [-0.1, -0.05) is 18.5 Å². The average molecular weight is 201 g/mol. The van der Waals surface area contributed by atoms with Gasteiger partial charge in [0.15, 0.2) is 0 Å². The van der Waals surface area contributed by atoms with Crippen molar-refractivity contribution in [3.05, 3.63) is 29.3 Å². The molecular weight excluding hydrogens is 185 g/mol. The number of aryl methyl sites for hydroxylation is 2. The third kappa shape index (κ3) is 2.54. The zero-order chi connectivity index (χ0) is 10.7. The minimum atomic E-state index is 0.351. The summed E-state index contributed by atoms with van der Waals surface area (Å²) in [6.07, 6.45) is 1.99. The highest BCUT2D eigenvalue weighted by Crippen LogP contribution is 2.21. The Bertz CT molecular complexity index is 336. The molecule has 0 amide bonds. The van der Waals surface area contributed by atoms with Crippen LogP contribution in [0.1, 0.15) is 11.1 Å². The minimum Gasteiger partial charge on any atom is -0.487 e. The van der Waals surface area contributed by atoms with E-state index in [2.05, 4.69) is 30.4 Å². The van der Waals surface area contributed by atoms with Gasteiger partial charge < -0.3 is 10.1 Å². The molecule has 0 bridgehead atoms. The van der Waals surface area contributed by atoms with E-state index in [1.807, 2.05) is 0 Å². The van der Waals surface area contributed by atoms with E-state index in [4.69, 9.17) is 12.6 Å². The summed E-state index contributed by atoms with van der Waals surface area (Å²) in [6.45, 7) is 4.01. The molecule has 0 unspecified atom stereocenters. The summed E-state index contributed by atoms with van der Waals surface area (Å²) in [6, 6.07) is 6.31. The second-order valence-electron chi connectivity index (χ2n) is 4.04. The molecule has 1 aliphatic heterocycles. The smallest absolute Gasteiger partial charge is 0.123 e. The van der Waals surface area contributed by atoms with E-state index in [1.54, 1.807) is 0 Å². The molecule has 78 valence electrons. The van der Waals surface area contributed by atoms with Gasteiger partial charge in [-0.2, -0.15) is 0 Å². The molecule has 0 saturated carbocycles. The topological polar surface area (TPSA) is 21.3 Å². The van der Waals surface area contributed by atoms with E-state index in [-0.39, 0.29) is 0 Å². The second kappa shape index (κ2) is 4.71. The van der Waals surface area contributed by atoms with Crippen LogP contribution < -0.4 is 10.1 Å². The van der Waals surface area contributed by atoms with Gasteiger partial charge in [0.1, 0.15) is 11.9 Å². The van der Waals surface area contributed by atoms with Gasteiger partial charge in [0.2, 0.25) is 0 Å². The maximum atomic E-state index is 5.82. The van der Waals surface area contributed by atoms with E-state index in [0.29, 0.717) is 12.4 Å². The predicted octanol–water partition coefficient (Wildman–Crippen LogP) is 1.47. The first-order valence-electron chi connectivity index (χ1n) is 5.46. The van der Waals surface area contributed by atoms with Crippen molar-refractivity contribution in [2.45, 2.75) is 25.8 Å². The van der Waals surface area contributed by atoms with Gasteiger partial charge in [0.25, 0.3) is 0 Å². The number of nitrogens with one attached hydrogen (secondary N) is 1. The Labute approximate surface area is 92.4 Å². The maximum absolute atomic E-state index is 5.82. The lowest BCUT2D eigenvalue weighted by Gasteiger charge is -2.28. The molecular formula is C12H16BNO. The van der Waals surface area contributed by atoms with Crippen molar-refractivity contribution in [2.75, 3.05) is 13.1 Å². The standard InChI is InChI=1S/C12H16BNO/c1-9-6-10(4-5-13)2-3-12(9)15-11-7-14-8-11/h2-3,6,11,14H,4-5,7-8H2,1H3. The SMILES string of the molecule is [B]CCc1ccc(OC2CNC2)c(C)c1. The van der Waals surface area contributed by atoms with Crippen molar-refractivity contribution < 1.29 is 4.74 Å². The first-order valence-corrected chi connectivity index (χ1v) is 5.46. The predicted molar refractivity (Wildman–Crippen MR) is 62.7 cm³/mol. The monoisotopic (exact) mass is 201 g/mol. The van der Waals surface area contributed by atoms with Crippen LogP contribution in [0.3, 0.4) is 0 Å². The van der Waals surface area contributed by atoms with Gasteiger partial charge in [-0.05, 0) is 30.5 Å². The highest BCUT2D eigenvalue weighted by atomic mass is 16.5. The fourth-order valence-electron chi connectivity index (χ4n) is 1.69. The molecule has 3 heteroatoms. The van der Waals surface area contributed by atoms with Gasteiger partial charge >= 0.3 is 0 Å². The molecule has 1 N–H and O–H groups in total. The molecule has 1 aromatic carbocycles. The van der Waals surface area contributed by atoms with Gasteiger partial charge in [-0.3, -0.25) is 0 Å². The van der Waals surface area contributed by atoms with Gasteiger partial charge in [0.05, 0.1) is 7.85 Å². The average Bonchev–Trinajstić information content (AvgIpc) is 2.14. The van der Waals surface area contributed by atoms with Crippen LogP contribution in [0.4, 0.5) is 0 Å². The van der Waals surface area contributed by atoms with E-state index >= 15 is 0 Å². The summed E-state index contributed by atoms with van der Waals surface area (Å²) < 4.78 is 5.82. The molecule has 0 atom stereocenters. The van der Waals surface area contributed by atoms with Crippen molar-refractivity contribution in [3.8, 4) is 5.75 Å². The quantitative estimate of drug-likeness (QED) is 0.745. The first kappa shape index (κ1) is 10.6. The number of rotatable bonds is 4. The minimum absolute atomic E-state index is 0.351. The lowest BCUT2D eigenvalue weighted by atomic mass is 9.96. The van der Waals surface area contributed by atoms with Crippen LogP contribution in [0.25, 0.3) is 0 Å². The van der Waals surface area contributed by atoms with E-state index in [1.165, 1.54) is 11.1 Å². The Morgan fingerprint density at radius 1 is 1.47 bits per heavy atom. The van der Waals surface area contributed by atoms with E-state index in [0.717, 1.165) is 25.3 Å². The van der Waals surface area contributed by atoms with Crippen molar-refractivity contribution in [3.63, 3.8) is 0 Å². The third-order valence-electron chi connectivity index (χ3n) is 2.71. The molecule has 1 aliphatic rings. The zero-order valence-corrected chi connectivity index (χ0v) is 9.12. The Balaban J connectivity index is 2.04. The summed E-state index contributed by atoms with van der Waals surface area (Å²) in [5.74, 6) is 1.00. The largest absolute Gasteiger partial charge is 0.487 e. The van der Waals surface area contributed by atoms with E-state index < -0.39 is 0 Å². The Kier molecular flexibility index (Phi) is 3.32. The number of hydrogen-bond acceptors (Lipinski definition) is 2. The molecule has 1 saturated heterocycles. The Morgan fingerprint density at radius 2 is 2.27 bits per heavy atom. The summed E-state index contributed by atoms with van der Waals surface area (Å²) in [4.78, 5) is 0. The molecule has 2 rings (SSSR count). The van der Waals surface area contributed by atoms with Crippen LogP contribution >= 0.6 is 0 Å². The lowest BCUT2D eigenvalue weighted by Crippen LogP contribution is -2.50. The van der Waals surface area contributed by atoms with Gasteiger partial charge in [-0.25, -0.2) is 0 Å². The van der Waals surface area contributed by atoms with Crippen molar-refractivity contribution in [2.24, 2.45) is 0 Å². The summed E-state index contributed by atoms with van der Waals surface area (Å²) in [5.41, 5.74) is 2.49. The molecule has 2 nitrogen and oxygen atoms in total. The number of benzene rings is 1. The Morgan fingerprint density at radius 3 is 2.80 bits per heavy atom. The van der Waals surface area contributed by atoms with E-state index in [9.17, 15) is 0 Å². The van der Waals surface area contributed by atoms with Crippen molar-refractivity contribution >= 4 is 7.85 Å². The van der Waals surface area contributed by atoms with Crippen molar-refractivity contribution in [1.29, 1.82) is 0 Å². The zero-order valence-electron chi connectivity index (χ0n) is 9.12. The molecule has 2 radical (unpaired) electrons. The fourth-order valence-corrected chi connectivity index (χ4v) is 1.69. The summed E-state index contributed by atoms with van der Waals surface area (Å²) >= 11 is 0. The molecule has 0 aromatic heterocycles. The van der Waals surface area contributed by atoms with Crippen molar-refractivity contribution in [1.82, 2.24) is 5.32 Å². The Hall–Kier alpha value is -0.955. The highest BCUT2D eigenvalue weighted by molar-refractivity contribution is 6.08. The molecule has 0 aliphatic carbocycles. The van der Waals surface area contributed by atoms with Crippen LogP contribution in [0.2, 0.25) is 6.32 Å². The third-order valence-corrected chi connectivity index (χ3v) is 2.71.